The lowest BCUT2D eigenvalue weighted by atomic mass is 10.4. The van der Waals surface area contributed by atoms with Gasteiger partial charge < -0.3 is 0 Å². The molecule has 3 heteroatoms. The van der Waals surface area contributed by atoms with Gasteiger partial charge in [0.1, 0.15) is 4.60 Å². The monoisotopic (exact) mass is 196 g/mol. The fourth-order valence-electron chi connectivity index (χ4n) is 0.907. The molecule has 0 spiro atoms. The third-order valence-electron chi connectivity index (χ3n) is 1.34. The van der Waals surface area contributed by atoms with Crippen LogP contribution in [0.2, 0.25) is 0 Å². The smallest absolute Gasteiger partial charge is 0.129 e. The van der Waals surface area contributed by atoms with Gasteiger partial charge in [-0.15, -0.1) is 0 Å². The van der Waals surface area contributed by atoms with Gasteiger partial charge in [-0.1, -0.05) is 6.07 Å². The molecule has 2 nitrogen and oxygen atoms in total. The van der Waals surface area contributed by atoms with Crippen LogP contribution in [0.5, 0.6) is 0 Å². The van der Waals surface area contributed by atoms with Crippen LogP contribution < -0.4 is 0 Å². The number of fused-ring (bicyclic) bond motifs is 1. The molecule has 2 aromatic heterocycles. The number of hydrogen-bond donors (Lipinski definition) is 0. The van der Waals surface area contributed by atoms with E-state index < -0.39 is 0 Å². The Balaban J connectivity index is 2.88. The van der Waals surface area contributed by atoms with Gasteiger partial charge in [0.2, 0.25) is 0 Å². The first kappa shape index (κ1) is 5.92. The minimum atomic E-state index is 0.874. The van der Waals surface area contributed by atoms with E-state index in [2.05, 4.69) is 21.0 Å². The van der Waals surface area contributed by atoms with Crippen molar-refractivity contribution < 1.29 is 0 Å². The largest absolute Gasteiger partial charge is 0.240 e. The highest BCUT2D eigenvalue weighted by Gasteiger charge is 1.93. The SMILES string of the molecule is Brc1cc2ccccn2n1. The van der Waals surface area contributed by atoms with E-state index in [1.807, 2.05) is 35.0 Å². The first-order valence-electron chi connectivity index (χ1n) is 2.96. The minimum absolute atomic E-state index is 0.874. The molecule has 2 aromatic rings. The normalized spacial score (nSPS) is 10.5. The standard InChI is InChI=1S/C7H5BrN2/c8-7-5-6-3-1-2-4-10(6)9-7/h1-5H. The van der Waals surface area contributed by atoms with E-state index in [4.69, 9.17) is 0 Å². The first-order chi connectivity index (χ1) is 4.86. The number of rotatable bonds is 0. The lowest BCUT2D eigenvalue weighted by molar-refractivity contribution is 0.947. The molecule has 0 aliphatic carbocycles. The van der Waals surface area contributed by atoms with Crippen LogP contribution in [0.3, 0.4) is 0 Å². The number of halogens is 1. The number of nitrogens with zero attached hydrogens (tertiary/aromatic N) is 2. The predicted molar refractivity (Wildman–Crippen MR) is 42.9 cm³/mol. The zero-order valence-corrected chi connectivity index (χ0v) is 6.75. The molecule has 2 rings (SSSR count). The van der Waals surface area contributed by atoms with Gasteiger partial charge in [-0.2, -0.15) is 5.10 Å². The van der Waals surface area contributed by atoms with Gasteiger partial charge in [-0.25, -0.2) is 4.52 Å². The molecule has 0 amide bonds. The maximum Gasteiger partial charge on any atom is 0.129 e. The minimum Gasteiger partial charge on any atom is -0.240 e. The molecule has 0 aromatic carbocycles. The highest BCUT2D eigenvalue weighted by atomic mass is 79.9. The van der Waals surface area contributed by atoms with E-state index in [0.717, 1.165) is 10.1 Å². The molecule has 10 heavy (non-hydrogen) atoms. The Bertz CT molecular complexity index is 320. The van der Waals surface area contributed by atoms with Crippen LogP contribution in [0.25, 0.3) is 5.52 Å². The summed E-state index contributed by atoms with van der Waals surface area (Å²) in [6, 6.07) is 7.92. The summed E-state index contributed by atoms with van der Waals surface area (Å²) in [5.74, 6) is 0. The molecule has 0 bridgehead atoms. The van der Waals surface area contributed by atoms with Crippen LogP contribution in [0, 0.1) is 0 Å². The van der Waals surface area contributed by atoms with Crippen molar-refractivity contribution in [1.82, 2.24) is 9.61 Å². The first-order valence-corrected chi connectivity index (χ1v) is 3.75. The summed E-state index contributed by atoms with van der Waals surface area (Å²) in [7, 11) is 0. The van der Waals surface area contributed by atoms with E-state index in [9.17, 15) is 0 Å². The molecule has 0 atom stereocenters. The van der Waals surface area contributed by atoms with E-state index >= 15 is 0 Å². The Kier molecular flexibility index (Phi) is 1.24. The van der Waals surface area contributed by atoms with Crippen molar-refractivity contribution in [3.63, 3.8) is 0 Å². The van der Waals surface area contributed by atoms with Crippen LogP contribution in [0.4, 0.5) is 0 Å². The van der Waals surface area contributed by atoms with Crippen LogP contribution >= 0.6 is 15.9 Å². The van der Waals surface area contributed by atoms with E-state index in [-0.39, 0.29) is 0 Å². The van der Waals surface area contributed by atoms with E-state index in [0.29, 0.717) is 0 Å². The summed E-state index contributed by atoms with van der Waals surface area (Å²) in [4.78, 5) is 0. The topological polar surface area (TPSA) is 17.3 Å². The Morgan fingerprint density at radius 3 is 3.10 bits per heavy atom. The Labute approximate surface area is 66.6 Å². The highest BCUT2D eigenvalue weighted by molar-refractivity contribution is 9.10. The van der Waals surface area contributed by atoms with Crippen molar-refractivity contribution in [2.24, 2.45) is 0 Å². The molecule has 0 N–H and O–H groups in total. The molecular formula is C7H5BrN2. The zero-order chi connectivity index (χ0) is 6.97. The Morgan fingerprint density at radius 1 is 1.40 bits per heavy atom. The van der Waals surface area contributed by atoms with Crippen molar-refractivity contribution in [1.29, 1.82) is 0 Å². The summed E-state index contributed by atoms with van der Waals surface area (Å²) in [5.41, 5.74) is 1.11. The predicted octanol–water partition coefficient (Wildman–Crippen LogP) is 2.10. The van der Waals surface area contributed by atoms with Crippen LogP contribution in [-0.4, -0.2) is 9.61 Å². The molecule has 0 saturated heterocycles. The number of aromatic nitrogens is 2. The summed E-state index contributed by atoms with van der Waals surface area (Å²) in [6.45, 7) is 0. The van der Waals surface area contributed by atoms with Crippen molar-refractivity contribution in [2.75, 3.05) is 0 Å². The summed E-state index contributed by atoms with van der Waals surface area (Å²) in [5, 5.41) is 4.15. The molecule has 0 aliphatic heterocycles. The quantitative estimate of drug-likeness (QED) is 0.632. The van der Waals surface area contributed by atoms with Crippen molar-refractivity contribution in [2.45, 2.75) is 0 Å². The number of hydrogen-bond acceptors (Lipinski definition) is 1. The van der Waals surface area contributed by atoms with Gasteiger partial charge in [0, 0.05) is 6.20 Å². The second kappa shape index (κ2) is 2.09. The summed E-state index contributed by atoms with van der Waals surface area (Å²) < 4.78 is 2.70. The second-order valence-electron chi connectivity index (χ2n) is 2.04. The van der Waals surface area contributed by atoms with Crippen molar-refractivity contribution in [3.05, 3.63) is 35.1 Å². The average molecular weight is 197 g/mol. The van der Waals surface area contributed by atoms with Gasteiger partial charge in [-0.3, -0.25) is 0 Å². The third-order valence-corrected chi connectivity index (χ3v) is 1.73. The maximum absolute atomic E-state index is 4.15. The summed E-state index contributed by atoms with van der Waals surface area (Å²) >= 11 is 3.29. The fraction of sp³-hybridized carbons (Fsp3) is 0. The van der Waals surface area contributed by atoms with Gasteiger partial charge in [0.05, 0.1) is 5.52 Å². The molecular weight excluding hydrogens is 192 g/mol. The molecule has 0 unspecified atom stereocenters. The van der Waals surface area contributed by atoms with E-state index in [1.165, 1.54) is 0 Å². The van der Waals surface area contributed by atoms with Gasteiger partial charge in [0.15, 0.2) is 0 Å². The average Bonchev–Trinajstić information content (AvgIpc) is 2.27. The Morgan fingerprint density at radius 2 is 2.30 bits per heavy atom. The molecule has 50 valence electrons. The molecule has 0 saturated carbocycles. The molecule has 0 fully saturated rings. The molecule has 2 heterocycles. The number of pyridine rings is 1. The lowest BCUT2D eigenvalue weighted by Crippen LogP contribution is -1.82. The van der Waals surface area contributed by atoms with E-state index in [1.54, 1.807) is 0 Å². The van der Waals surface area contributed by atoms with Crippen molar-refractivity contribution >= 4 is 21.4 Å². The highest BCUT2D eigenvalue weighted by Crippen LogP contribution is 2.10. The third kappa shape index (κ3) is 0.827. The lowest BCUT2D eigenvalue weighted by Gasteiger charge is -1.86. The van der Waals surface area contributed by atoms with Crippen LogP contribution in [0.15, 0.2) is 35.1 Å². The molecule has 0 aliphatic rings. The van der Waals surface area contributed by atoms with Gasteiger partial charge in [-0.05, 0) is 34.1 Å². The van der Waals surface area contributed by atoms with Crippen molar-refractivity contribution in [3.8, 4) is 0 Å². The molecule has 0 radical (unpaired) electrons. The van der Waals surface area contributed by atoms with Gasteiger partial charge >= 0.3 is 0 Å². The summed E-state index contributed by atoms with van der Waals surface area (Å²) in [6.07, 6.45) is 1.92. The zero-order valence-electron chi connectivity index (χ0n) is 5.16. The maximum atomic E-state index is 4.15. The van der Waals surface area contributed by atoms with Gasteiger partial charge in [0.25, 0.3) is 0 Å². The van der Waals surface area contributed by atoms with Crippen LogP contribution in [-0.2, 0) is 0 Å². The fourth-order valence-corrected chi connectivity index (χ4v) is 1.31. The van der Waals surface area contributed by atoms with Crippen LogP contribution in [0.1, 0.15) is 0 Å². The Hall–Kier alpha value is -0.830. The second-order valence-corrected chi connectivity index (χ2v) is 2.85.